The zero-order valence-electron chi connectivity index (χ0n) is 8.64. The minimum Gasteiger partial charge on any atom is -0.326 e. The minimum atomic E-state index is 0.231. The van der Waals surface area contributed by atoms with Gasteiger partial charge < -0.3 is 5.73 Å². The maximum Gasteiger partial charge on any atom is 0.0304 e. The minimum absolute atomic E-state index is 0.231. The monoisotopic (exact) mass is 170 g/mol. The molecule has 1 unspecified atom stereocenters. The van der Waals surface area contributed by atoms with E-state index >= 15 is 0 Å². The summed E-state index contributed by atoms with van der Waals surface area (Å²) in [4.78, 5) is 2.53. The van der Waals surface area contributed by atoms with Crippen molar-refractivity contribution in [1.29, 1.82) is 0 Å². The van der Waals surface area contributed by atoms with Gasteiger partial charge in [-0.3, -0.25) is 4.90 Å². The molecule has 0 aromatic rings. The first-order valence-electron chi connectivity index (χ1n) is 5.09. The van der Waals surface area contributed by atoms with Crippen LogP contribution in [0.1, 0.15) is 40.0 Å². The van der Waals surface area contributed by atoms with Crippen LogP contribution in [0.4, 0.5) is 0 Å². The Hall–Kier alpha value is -0.0800. The second-order valence-electron chi connectivity index (χ2n) is 4.39. The Morgan fingerprint density at radius 1 is 1.50 bits per heavy atom. The highest BCUT2D eigenvalue weighted by molar-refractivity contribution is 4.97. The lowest BCUT2D eigenvalue weighted by Gasteiger charge is -2.34. The van der Waals surface area contributed by atoms with Gasteiger partial charge in [-0.2, -0.15) is 0 Å². The highest BCUT2D eigenvalue weighted by Gasteiger charge is 2.38. The van der Waals surface area contributed by atoms with Crippen LogP contribution in [0.2, 0.25) is 0 Å². The van der Waals surface area contributed by atoms with E-state index in [1.165, 1.54) is 25.9 Å². The van der Waals surface area contributed by atoms with Gasteiger partial charge >= 0.3 is 0 Å². The molecule has 1 aliphatic rings. The van der Waals surface area contributed by atoms with Crippen LogP contribution in [0.25, 0.3) is 0 Å². The molecule has 0 aromatic heterocycles. The largest absolute Gasteiger partial charge is 0.326 e. The summed E-state index contributed by atoms with van der Waals surface area (Å²) in [6.07, 6.45) is 3.74. The fourth-order valence-electron chi connectivity index (χ4n) is 1.92. The summed E-state index contributed by atoms with van der Waals surface area (Å²) in [5.41, 5.74) is 6.26. The van der Waals surface area contributed by atoms with Crippen LogP contribution in [-0.4, -0.2) is 29.6 Å². The standard InChI is InChI=1S/C10H22N2/c1-4-5-7-12-8-6-9(11)10(12,2)3/h9H,4-8,11H2,1-3H3. The summed E-state index contributed by atoms with van der Waals surface area (Å²) >= 11 is 0. The molecule has 0 spiro atoms. The summed E-state index contributed by atoms with van der Waals surface area (Å²) in [7, 11) is 0. The van der Waals surface area contributed by atoms with E-state index in [9.17, 15) is 0 Å². The molecule has 0 amide bonds. The Morgan fingerprint density at radius 2 is 2.17 bits per heavy atom. The van der Waals surface area contributed by atoms with Gasteiger partial charge in [0.15, 0.2) is 0 Å². The van der Waals surface area contributed by atoms with E-state index in [1.54, 1.807) is 0 Å². The fraction of sp³-hybridized carbons (Fsp3) is 1.00. The Labute approximate surface area is 76.1 Å². The number of likely N-dealkylation sites (tertiary alicyclic amines) is 1. The van der Waals surface area contributed by atoms with Crippen molar-refractivity contribution in [3.63, 3.8) is 0 Å². The molecule has 1 aliphatic heterocycles. The molecule has 12 heavy (non-hydrogen) atoms. The molecular weight excluding hydrogens is 148 g/mol. The summed E-state index contributed by atoms with van der Waals surface area (Å²) in [6.45, 7) is 9.18. The quantitative estimate of drug-likeness (QED) is 0.697. The fourth-order valence-corrected chi connectivity index (χ4v) is 1.92. The molecule has 2 heteroatoms. The average molecular weight is 170 g/mol. The molecule has 0 bridgehead atoms. The maximum absolute atomic E-state index is 6.03. The van der Waals surface area contributed by atoms with E-state index < -0.39 is 0 Å². The van der Waals surface area contributed by atoms with Gasteiger partial charge in [-0.25, -0.2) is 0 Å². The van der Waals surface area contributed by atoms with Crippen LogP contribution in [0, 0.1) is 0 Å². The average Bonchev–Trinajstić information content (AvgIpc) is 2.25. The van der Waals surface area contributed by atoms with Crippen molar-refractivity contribution in [2.24, 2.45) is 5.73 Å². The number of rotatable bonds is 3. The van der Waals surface area contributed by atoms with E-state index in [-0.39, 0.29) is 5.54 Å². The van der Waals surface area contributed by atoms with Crippen molar-refractivity contribution in [2.75, 3.05) is 13.1 Å². The number of hydrogen-bond donors (Lipinski definition) is 1. The van der Waals surface area contributed by atoms with Gasteiger partial charge in [-0.1, -0.05) is 13.3 Å². The summed E-state index contributed by atoms with van der Waals surface area (Å²) < 4.78 is 0. The molecule has 72 valence electrons. The van der Waals surface area contributed by atoms with E-state index in [2.05, 4.69) is 25.7 Å². The Kier molecular flexibility index (Phi) is 3.13. The smallest absolute Gasteiger partial charge is 0.0304 e. The highest BCUT2D eigenvalue weighted by atomic mass is 15.2. The summed E-state index contributed by atoms with van der Waals surface area (Å²) in [5, 5.41) is 0. The van der Waals surface area contributed by atoms with E-state index in [1.807, 2.05) is 0 Å². The lowest BCUT2D eigenvalue weighted by atomic mass is 9.96. The predicted molar refractivity (Wildman–Crippen MR) is 53.2 cm³/mol. The summed E-state index contributed by atoms with van der Waals surface area (Å²) in [6, 6.07) is 0.370. The van der Waals surface area contributed by atoms with Crippen LogP contribution >= 0.6 is 0 Å². The molecule has 1 fully saturated rings. The molecule has 1 saturated heterocycles. The summed E-state index contributed by atoms with van der Waals surface area (Å²) in [5.74, 6) is 0. The van der Waals surface area contributed by atoms with Crippen molar-refractivity contribution in [1.82, 2.24) is 4.90 Å². The van der Waals surface area contributed by atoms with Crippen molar-refractivity contribution >= 4 is 0 Å². The zero-order chi connectivity index (χ0) is 9.19. The second kappa shape index (κ2) is 3.75. The molecule has 0 radical (unpaired) electrons. The second-order valence-corrected chi connectivity index (χ2v) is 4.39. The van der Waals surface area contributed by atoms with Crippen molar-refractivity contribution in [2.45, 2.75) is 51.6 Å². The molecule has 1 rings (SSSR count). The van der Waals surface area contributed by atoms with Gasteiger partial charge in [0.05, 0.1) is 0 Å². The van der Waals surface area contributed by atoms with Gasteiger partial charge in [-0.05, 0) is 33.2 Å². The lowest BCUT2D eigenvalue weighted by molar-refractivity contribution is 0.160. The van der Waals surface area contributed by atoms with Crippen molar-refractivity contribution < 1.29 is 0 Å². The van der Waals surface area contributed by atoms with Gasteiger partial charge in [0, 0.05) is 18.1 Å². The van der Waals surface area contributed by atoms with Gasteiger partial charge in [-0.15, -0.1) is 0 Å². The topological polar surface area (TPSA) is 29.3 Å². The molecule has 1 heterocycles. The molecule has 0 aliphatic carbocycles. The number of hydrogen-bond acceptors (Lipinski definition) is 2. The molecule has 2 N–H and O–H groups in total. The molecule has 0 saturated carbocycles. The van der Waals surface area contributed by atoms with Gasteiger partial charge in [0.25, 0.3) is 0 Å². The third-order valence-corrected chi connectivity index (χ3v) is 3.21. The van der Waals surface area contributed by atoms with Crippen LogP contribution in [0.3, 0.4) is 0 Å². The maximum atomic E-state index is 6.03. The van der Waals surface area contributed by atoms with Crippen molar-refractivity contribution in [3.8, 4) is 0 Å². The first kappa shape index (κ1) is 10.0. The van der Waals surface area contributed by atoms with Crippen molar-refractivity contribution in [3.05, 3.63) is 0 Å². The van der Waals surface area contributed by atoms with Crippen LogP contribution in [0.15, 0.2) is 0 Å². The predicted octanol–water partition coefficient (Wildman–Crippen LogP) is 1.60. The first-order chi connectivity index (χ1) is 5.59. The molecular formula is C10H22N2. The number of nitrogens with two attached hydrogens (primary N) is 1. The number of nitrogens with zero attached hydrogens (tertiary/aromatic N) is 1. The Bertz CT molecular complexity index is 143. The van der Waals surface area contributed by atoms with E-state index in [0.717, 1.165) is 6.42 Å². The van der Waals surface area contributed by atoms with Crippen LogP contribution < -0.4 is 5.73 Å². The molecule has 1 atom stereocenters. The zero-order valence-corrected chi connectivity index (χ0v) is 8.64. The highest BCUT2D eigenvalue weighted by Crippen LogP contribution is 2.27. The van der Waals surface area contributed by atoms with Gasteiger partial charge in [0.2, 0.25) is 0 Å². The SMILES string of the molecule is CCCCN1CCC(N)C1(C)C. The third-order valence-electron chi connectivity index (χ3n) is 3.21. The third kappa shape index (κ3) is 1.80. The molecule has 0 aromatic carbocycles. The van der Waals surface area contributed by atoms with Crippen LogP contribution in [-0.2, 0) is 0 Å². The van der Waals surface area contributed by atoms with Crippen LogP contribution in [0.5, 0.6) is 0 Å². The normalized spacial score (nSPS) is 29.5. The lowest BCUT2D eigenvalue weighted by Crippen LogP contribution is -2.48. The Balaban J connectivity index is 2.44. The molecule has 2 nitrogen and oxygen atoms in total. The number of unbranched alkanes of at least 4 members (excludes halogenated alkanes) is 1. The van der Waals surface area contributed by atoms with Gasteiger partial charge in [0.1, 0.15) is 0 Å². The van der Waals surface area contributed by atoms with E-state index in [0.29, 0.717) is 6.04 Å². The first-order valence-corrected chi connectivity index (χ1v) is 5.09. The Morgan fingerprint density at radius 3 is 2.58 bits per heavy atom. The van der Waals surface area contributed by atoms with E-state index in [4.69, 9.17) is 5.73 Å².